The number of benzene rings is 1. The van der Waals surface area contributed by atoms with Crippen LogP contribution < -0.4 is 5.32 Å². The van der Waals surface area contributed by atoms with E-state index in [2.05, 4.69) is 10.4 Å². The van der Waals surface area contributed by atoms with Crippen molar-refractivity contribution in [3.63, 3.8) is 0 Å². The van der Waals surface area contributed by atoms with Gasteiger partial charge in [-0.25, -0.2) is 0 Å². The lowest BCUT2D eigenvalue weighted by Gasteiger charge is -2.21. The number of hydrogen-bond donors (Lipinski definition) is 2. The van der Waals surface area contributed by atoms with Crippen molar-refractivity contribution in [1.82, 2.24) is 15.1 Å². The van der Waals surface area contributed by atoms with Gasteiger partial charge in [0.1, 0.15) is 5.60 Å². The van der Waals surface area contributed by atoms with Crippen LogP contribution in [0.15, 0.2) is 42.7 Å². The van der Waals surface area contributed by atoms with E-state index >= 15 is 0 Å². The molecule has 0 aliphatic heterocycles. The lowest BCUT2D eigenvalue weighted by Crippen LogP contribution is -2.37. The summed E-state index contributed by atoms with van der Waals surface area (Å²) < 4.78 is 1.61. The van der Waals surface area contributed by atoms with Gasteiger partial charge in [-0.2, -0.15) is 5.10 Å². The summed E-state index contributed by atoms with van der Waals surface area (Å²) in [6.07, 6.45) is 4.80. The maximum atomic E-state index is 12.0. The summed E-state index contributed by atoms with van der Waals surface area (Å²) in [5, 5.41) is 17.8. The second-order valence-electron chi connectivity index (χ2n) is 5.73. The number of nitrogens with one attached hydrogen (secondary N) is 1. The Balaban J connectivity index is 2.00. The summed E-state index contributed by atoms with van der Waals surface area (Å²) in [4.78, 5) is 12.0. The van der Waals surface area contributed by atoms with Crippen LogP contribution in [0.3, 0.4) is 0 Å². The van der Waals surface area contributed by atoms with Gasteiger partial charge in [0.15, 0.2) is 0 Å². The van der Waals surface area contributed by atoms with Gasteiger partial charge >= 0.3 is 0 Å². The van der Waals surface area contributed by atoms with Crippen LogP contribution in [0.1, 0.15) is 25.0 Å². The molecule has 0 bridgehead atoms. The number of allylic oxidation sites excluding steroid dienone is 1. The number of aliphatic hydroxyl groups is 1. The molecule has 1 amide bonds. The normalized spacial score (nSPS) is 14.4. The Labute approximate surface area is 140 Å². The van der Waals surface area contributed by atoms with Gasteiger partial charge in [0.05, 0.1) is 12.7 Å². The zero-order valence-electron chi connectivity index (χ0n) is 13.4. The summed E-state index contributed by atoms with van der Waals surface area (Å²) in [6.45, 7) is 3.57. The van der Waals surface area contributed by atoms with E-state index in [0.717, 1.165) is 11.1 Å². The highest BCUT2D eigenvalue weighted by Gasteiger charge is 2.25. The van der Waals surface area contributed by atoms with E-state index < -0.39 is 5.60 Å². The Morgan fingerprint density at radius 3 is 2.87 bits per heavy atom. The van der Waals surface area contributed by atoms with Crippen molar-refractivity contribution >= 4 is 23.1 Å². The van der Waals surface area contributed by atoms with Crippen molar-refractivity contribution in [3.05, 3.63) is 58.9 Å². The Hall–Kier alpha value is -2.11. The third-order valence-corrected chi connectivity index (χ3v) is 3.80. The Morgan fingerprint density at radius 1 is 1.52 bits per heavy atom. The van der Waals surface area contributed by atoms with Crippen LogP contribution in [-0.4, -0.2) is 27.3 Å². The van der Waals surface area contributed by atoms with E-state index in [4.69, 9.17) is 11.6 Å². The van der Waals surface area contributed by atoms with Crippen molar-refractivity contribution in [2.45, 2.75) is 19.4 Å². The van der Waals surface area contributed by atoms with Gasteiger partial charge in [0.25, 0.3) is 0 Å². The van der Waals surface area contributed by atoms with Crippen molar-refractivity contribution in [2.75, 3.05) is 6.54 Å². The first kappa shape index (κ1) is 17.2. The second kappa shape index (κ2) is 6.98. The molecule has 2 aromatic rings. The van der Waals surface area contributed by atoms with Crippen LogP contribution in [0.2, 0.25) is 5.02 Å². The summed E-state index contributed by atoms with van der Waals surface area (Å²) >= 11 is 5.95. The predicted molar refractivity (Wildman–Crippen MR) is 90.9 cm³/mol. The molecular formula is C17H20ClN3O2. The summed E-state index contributed by atoms with van der Waals surface area (Å²) in [5.41, 5.74) is 1.15. The first-order valence-corrected chi connectivity index (χ1v) is 7.59. The molecule has 0 saturated carbocycles. The fraction of sp³-hybridized carbons (Fsp3) is 0.294. The molecule has 0 fully saturated rings. The molecule has 0 radical (unpaired) electrons. The van der Waals surface area contributed by atoms with Crippen LogP contribution in [-0.2, 0) is 17.4 Å². The third-order valence-electron chi connectivity index (χ3n) is 3.56. The molecule has 2 rings (SSSR count). The molecule has 0 aliphatic rings. The number of carbonyl (C=O) groups excluding carboxylic acids is 1. The largest absolute Gasteiger partial charge is 0.383 e. The van der Waals surface area contributed by atoms with Gasteiger partial charge in [0.2, 0.25) is 5.91 Å². The van der Waals surface area contributed by atoms with Gasteiger partial charge in [-0.1, -0.05) is 23.7 Å². The number of amides is 1. The highest BCUT2D eigenvalue weighted by Crippen LogP contribution is 2.19. The highest BCUT2D eigenvalue weighted by atomic mass is 35.5. The van der Waals surface area contributed by atoms with Crippen molar-refractivity contribution in [1.29, 1.82) is 0 Å². The molecule has 1 atom stereocenters. The maximum Gasteiger partial charge on any atom is 0.244 e. The molecule has 6 heteroatoms. The fourth-order valence-electron chi connectivity index (χ4n) is 2.13. The minimum Gasteiger partial charge on any atom is -0.383 e. The minimum absolute atomic E-state index is 0.0941. The van der Waals surface area contributed by atoms with E-state index in [-0.39, 0.29) is 12.5 Å². The van der Waals surface area contributed by atoms with Crippen molar-refractivity contribution in [2.24, 2.45) is 7.05 Å². The first-order valence-electron chi connectivity index (χ1n) is 7.21. The number of aromatic nitrogens is 2. The van der Waals surface area contributed by atoms with E-state index in [9.17, 15) is 9.90 Å². The molecule has 23 heavy (non-hydrogen) atoms. The fourth-order valence-corrected chi connectivity index (χ4v) is 2.32. The first-order chi connectivity index (χ1) is 10.8. The van der Waals surface area contributed by atoms with E-state index in [0.29, 0.717) is 10.6 Å². The van der Waals surface area contributed by atoms with Crippen molar-refractivity contribution < 1.29 is 9.90 Å². The number of rotatable bonds is 5. The zero-order valence-corrected chi connectivity index (χ0v) is 14.1. The second-order valence-corrected chi connectivity index (χ2v) is 6.17. The molecule has 1 aromatic heterocycles. The molecule has 5 nitrogen and oxygen atoms in total. The topological polar surface area (TPSA) is 67.2 Å². The summed E-state index contributed by atoms with van der Waals surface area (Å²) in [6, 6.07) is 7.30. The van der Waals surface area contributed by atoms with Gasteiger partial charge in [-0.15, -0.1) is 0 Å². The standard InChI is InChI=1S/C17H20ClN3O2/c1-12(13-5-4-6-15(18)8-13)7-16(22)19-11-17(2,23)14-9-20-21(3)10-14/h4-10,23H,11H2,1-3H3,(H,19,22)/b12-7-. The Bertz CT molecular complexity index is 735. The molecule has 1 unspecified atom stereocenters. The van der Waals surface area contributed by atoms with Gasteiger partial charge < -0.3 is 10.4 Å². The molecule has 2 N–H and O–H groups in total. The zero-order chi connectivity index (χ0) is 17.0. The van der Waals surface area contributed by atoms with Crippen LogP contribution in [0.4, 0.5) is 0 Å². The van der Waals surface area contributed by atoms with Gasteiger partial charge in [0, 0.05) is 29.9 Å². The molecule has 0 aliphatic carbocycles. The lowest BCUT2D eigenvalue weighted by atomic mass is 9.99. The van der Waals surface area contributed by atoms with E-state index in [1.807, 2.05) is 19.1 Å². The number of halogens is 1. The van der Waals surface area contributed by atoms with E-state index in [1.165, 1.54) is 6.08 Å². The monoisotopic (exact) mass is 333 g/mol. The molecule has 0 saturated heterocycles. The summed E-state index contributed by atoms with van der Waals surface area (Å²) in [5.74, 6) is -0.272. The molecule has 1 aromatic carbocycles. The molecular weight excluding hydrogens is 314 g/mol. The van der Waals surface area contributed by atoms with E-state index in [1.54, 1.807) is 43.2 Å². The van der Waals surface area contributed by atoms with Gasteiger partial charge in [-0.05, 0) is 37.1 Å². The number of hydrogen-bond acceptors (Lipinski definition) is 3. The number of carbonyl (C=O) groups is 1. The Morgan fingerprint density at radius 2 is 2.26 bits per heavy atom. The average molecular weight is 334 g/mol. The van der Waals surface area contributed by atoms with Crippen LogP contribution >= 0.6 is 11.6 Å². The predicted octanol–water partition coefficient (Wildman–Crippen LogP) is 2.50. The highest BCUT2D eigenvalue weighted by molar-refractivity contribution is 6.30. The molecule has 0 spiro atoms. The van der Waals surface area contributed by atoms with Crippen LogP contribution in [0.25, 0.3) is 5.57 Å². The SMILES string of the molecule is C/C(=C/C(=O)NCC(C)(O)c1cnn(C)c1)c1cccc(Cl)c1. The average Bonchev–Trinajstić information content (AvgIpc) is 2.93. The minimum atomic E-state index is -1.18. The van der Waals surface area contributed by atoms with Crippen LogP contribution in [0, 0.1) is 0 Å². The molecule has 122 valence electrons. The maximum absolute atomic E-state index is 12.0. The van der Waals surface area contributed by atoms with Crippen molar-refractivity contribution in [3.8, 4) is 0 Å². The molecule has 1 heterocycles. The number of nitrogens with zero attached hydrogens (tertiary/aromatic N) is 2. The quantitative estimate of drug-likeness (QED) is 0.826. The van der Waals surface area contributed by atoms with Crippen LogP contribution in [0.5, 0.6) is 0 Å². The Kier molecular flexibility index (Phi) is 5.23. The third kappa shape index (κ3) is 4.68. The number of aryl methyl sites for hydroxylation is 1. The lowest BCUT2D eigenvalue weighted by molar-refractivity contribution is -0.117. The van der Waals surface area contributed by atoms with Gasteiger partial charge in [-0.3, -0.25) is 9.48 Å². The summed E-state index contributed by atoms with van der Waals surface area (Å²) in [7, 11) is 1.77. The smallest absolute Gasteiger partial charge is 0.244 e.